The molecule has 0 aromatic heterocycles. The van der Waals surface area contributed by atoms with Crippen LogP contribution in [0.4, 0.5) is 0 Å². The zero-order chi connectivity index (χ0) is 13.9. The fourth-order valence-corrected chi connectivity index (χ4v) is 3.03. The van der Waals surface area contributed by atoms with Crippen LogP contribution in [0.3, 0.4) is 0 Å². The maximum absolute atomic E-state index is 3.77. The molecule has 0 radical (unpaired) electrons. The minimum atomic E-state index is 1.17. The molecule has 0 aliphatic rings. The second-order valence-electron chi connectivity index (χ2n) is 4.83. The van der Waals surface area contributed by atoms with E-state index >= 15 is 0 Å². The highest BCUT2D eigenvalue weighted by atomic mass is 79.9. The van der Waals surface area contributed by atoms with Gasteiger partial charge in [0, 0.05) is 4.47 Å². The summed E-state index contributed by atoms with van der Waals surface area (Å²) in [5, 5.41) is 0. The van der Waals surface area contributed by atoms with Crippen molar-refractivity contribution in [3.63, 3.8) is 0 Å². The summed E-state index contributed by atoms with van der Waals surface area (Å²) in [6, 6.07) is 25.4. The van der Waals surface area contributed by atoms with Crippen LogP contribution in [0, 0.1) is 0 Å². The fourth-order valence-electron chi connectivity index (χ4n) is 2.46. The second kappa shape index (κ2) is 5.68. The summed E-state index contributed by atoms with van der Waals surface area (Å²) in [5.41, 5.74) is 6.28. The first kappa shape index (κ1) is 13.2. The van der Waals surface area contributed by atoms with Gasteiger partial charge < -0.3 is 0 Å². The minimum absolute atomic E-state index is 1.17. The van der Waals surface area contributed by atoms with Gasteiger partial charge in [0.1, 0.15) is 7.85 Å². The lowest BCUT2D eigenvalue weighted by atomic mass is 9.84. The van der Waals surface area contributed by atoms with Crippen LogP contribution < -0.4 is 5.46 Å². The molecule has 0 N–H and O–H groups in total. The molecule has 2 heteroatoms. The van der Waals surface area contributed by atoms with Crippen molar-refractivity contribution in [2.75, 3.05) is 0 Å². The van der Waals surface area contributed by atoms with E-state index in [4.69, 9.17) is 0 Å². The quantitative estimate of drug-likeness (QED) is 0.625. The van der Waals surface area contributed by atoms with Gasteiger partial charge in [-0.3, -0.25) is 0 Å². The zero-order valence-electron chi connectivity index (χ0n) is 11.3. The molecule has 20 heavy (non-hydrogen) atoms. The molecular formula is C18H14BBr. The van der Waals surface area contributed by atoms with E-state index in [1.54, 1.807) is 0 Å². The third-order valence-corrected chi connectivity index (χ3v) is 4.58. The van der Waals surface area contributed by atoms with Gasteiger partial charge in [0.05, 0.1) is 0 Å². The average Bonchev–Trinajstić information content (AvgIpc) is 2.52. The molecule has 0 aliphatic heterocycles. The lowest BCUT2D eigenvalue weighted by molar-refractivity contribution is 1.59. The molecule has 0 heterocycles. The van der Waals surface area contributed by atoms with Gasteiger partial charge in [-0.05, 0) is 22.3 Å². The van der Waals surface area contributed by atoms with Crippen LogP contribution >= 0.6 is 15.9 Å². The predicted molar refractivity (Wildman–Crippen MR) is 93.2 cm³/mol. The van der Waals surface area contributed by atoms with Crippen molar-refractivity contribution in [1.29, 1.82) is 0 Å². The van der Waals surface area contributed by atoms with Gasteiger partial charge in [-0.1, -0.05) is 94.2 Å². The first-order valence-electron chi connectivity index (χ1n) is 6.67. The summed E-state index contributed by atoms with van der Waals surface area (Å²) in [5.74, 6) is 0. The van der Waals surface area contributed by atoms with Gasteiger partial charge in [-0.2, -0.15) is 0 Å². The van der Waals surface area contributed by atoms with E-state index in [9.17, 15) is 0 Å². The van der Waals surface area contributed by atoms with E-state index < -0.39 is 0 Å². The van der Waals surface area contributed by atoms with Crippen LogP contribution in [0.2, 0.25) is 0 Å². The number of halogens is 1. The van der Waals surface area contributed by atoms with E-state index in [2.05, 4.69) is 84.4 Å². The maximum atomic E-state index is 3.77. The summed E-state index contributed by atoms with van der Waals surface area (Å²) in [6.07, 6.45) is 0. The van der Waals surface area contributed by atoms with Crippen LogP contribution in [-0.4, -0.2) is 7.85 Å². The number of hydrogen-bond donors (Lipinski definition) is 0. The molecule has 3 rings (SSSR count). The molecule has 0 aliphatic carbocycles. The number of benzene rings is 3. The van der Waals surface area contributed by atoms with Crippen molar-refractivity contribution < 1.29 is 0 Å². The van der Waals surface area contributed by atoms with Crippen molar-refractivity contribution in [1.82, 2.24) is 0 Å². The third-order valence-electron chi connectivity index (χ3n) is 3.56. The summed E-state index contributed by atoms with van der Waals surface area (Å²) in [6.45, 7) is 0. The molecule has 3 aromatic carbocycles. The smallest absolute Gasteiger partial charge is 0.0667 e. The Morgan fingerprint density at radius 3 is 1.60 bits per heavy atom. The van der Waals surface area contributed by atoms with Crippen LogP contribution in [0.15, 0.2) is 77.3 Å². The molecule has 0 spiro atoms. The number of rotatable bonds is 2. The zero-order valence-corrected chi connectivity index (χ0v) is 12.9. The normalized spacial score (nSPS) is 10.4. The molecule has 0 nitrogen and oxygen atoms in total. The molecule has 0 bridgehead atoms. The van der Waals surface area contributed by atoms with E-state index in [1.807, 2.05) is 12.1 Å². The van der Waals surface area contributed by atoms with Gasteiger partial charge in [-0.15, -0.1) is 0 Å². The number of hydrogen-bond acceptors (Lipinski definition) is 0. The van der Waals surface area contributed by atoms with Gasteiger partial charge in [-0.25, -0.2) is 0 Å². The molecule has 0 unspecified atom stereocenters. The standard InChI is InChI=1S/C18H14BBr/c19-17-15(13-7-3-1-4-8-13)11-12-16(18(17)20)14-9-5-2-6-10-14/h1-12H,19H2. The van der Waals surface area contributed by atoms with Crippen molar-refractivity contribution in [2.45, 2.75) is 0 Å². The summed E-state index contributed by atoms with van der Waals surface area (Å²) < 4.78 is 1.17. The Kier molecular flexibility index (Phi) is 3.75. The Balaban J connectivity index is 2.13. The summed E-state index contributed by atoms with van der Waals surface area (Å²) in [4.78, 5) is 0. The van der Waals surface area contributed by atoms with Gasteiger partial charge in [0.2, 0.25) is 0 Å². The molecule has 0 saturated heterocycles. The Labute approximate surface area is 129 Å². The van der Waals surface area contributed by atoms with Gasteiger partial charge in [0.25, 0.3) is 0 Å². The highest BCUT2D eigenvalue weighted by Crippen LogP contribution is 2.30. The average molecular weight is 321 g/mol. The maximum Gasteiger partial charge on any atom is 0.141 e. The van der Waals surface area contributed by atoms with Crippen molar-refractivity contribution in [3.8, 4) is 22.3 Å². The van der Waals surface area contributed by atoms with E-state index in [1.165, 1.54) is 32.2 Å². The van der Waals surface area contributed by atoms with E-state index in [-0.39, 0.29) is 0 Å². The Morgan fingerprint density at radius 2 is 1.05 bits per heavy atom. The van der Waals surface area contributed by atoms with Gasteiger partial charge >= 0.3 is 0 Å². The van der Waals surface area contributed by atoms with Crippen molar-refractivity contribution in [2.24, 2.45) is 0 Å². The molecule has 0 amide bonds. The highest BCUT2D eigenvalue weighted by molar-refractivity contribution is 9.10. The lowest BCUT2D eigenvalue weighted by Gasteiger charge is -2.13. The fraction of sp³-hybridized carbons (Fsp3) is 0. The summed E-state index contributed by atoms with van der Waals surface area (Å²) >= 11 is 3.77. The largest absolute Gasteiger partial charge is 0.141 e. The molecule has 3 aromatic rings. The van der Waals surface area contributed by atoms with Crippen LogP contribution in [0.5, 0.6) is 0 Å². The Morgan fingerprint density at radius 1 is 0.600 bits per heavy atom. The highest BCUT2D eigenvalue weighted by Gasteiger charge is 2.10. The van der Waals surface area contributed by atoms with Crippen LogP contribution in [0.25, 0.3) is 22.3 Å². The molecular weight excluding hydrogens is 307 g/mol. The first-order chi connectivity index (χ1) is 9.77. The lowest BCUT2D eigenvalue weighted by Crippen LogP contribution is -2.10. The third kappa shape index (κ3) is 2.44. The molecule has 0 saturated carbocycles. The molecule has 0 atom stereocenters. The van der Waals surface area contributed by atoms with Crippen molar-refractivity contribution in [3.05, 3.63) is 77.3 Å². The molecule has 96 valence electrons. The Hall–Kier alpha value is -1.80. The van der Waals surface area contributed by atoms with Gasteiger partial charge in [0.15, 0.2) is 0 Å². The second-order valence-corrected chi connectivity index (χ2v) is 5.62. The first-order valence-corrected chi connectivity index (χ1v) is 7.46. The monoisotopic (exact) mass is 320 g/mol. The predicted octanol–water partition coefficient (Wildman–Crippen LogP) is 4.04. The SMILES string of the molecule is Bc1c(-c2ccccc2)ccc(-c2ccccc2)c1Br. The molecule has 0 fully saturated rings. The minimum Gasteiger partial charge on any atom is -0.0667 e. The van der Waals surface area contributed by atoms with Crippen LogP contribution in [0.1, 0.15) is 0 Å². The van der Waals surface area contributed by atoms with E-state index in [0.717, 1.165) is 0 Å². The van der Waals surface area contributed by atoms with Crippen LogP contribution in [-0.2, 0) is 0 Å². The Bertz CT molecular complexity index is 657. The topological polar surface area (TPSA) is 0 Å². The van der Waals surface area contributed by atoms with E-state index in [0.29, 0.717) is 0 Å². The summed E-state index contributed by atoms with van der Waals surface area (Å²) in [7, 11) is 2.17. The van der Waals surface area contributed by atoms with Crippen molar-refractivity contribution >= 4 is 29.2 Å².